The number of carbonyl (C=O) groups is 2. The van der Waals surface area contributed by atoms with E-state index in [9.17, 15) is 9.59 Å². The van der Waals surface area contributed by atoms with Crippen molar-refractivity contribution in [3.8, 4) is 0 Å². The van der Waals surface area contributed by atoms with Crippen LogP contribution in [-0.2, 0) is 9.59 Å². The molecule has 1 aromatic rings. The third-order valence-corrected chi connectivity index (χ3v) is 2.89. The van der Waals surface area contributed by atoms with Crippen LogP contribution < -0.4 is 5.32 Å². The van der Waals surface area contributed by atoms with Gasteiger partial charge in [-0.25, -0.2) is 0 Å². The summed E-state index contributed by atoms with van der Waals surface area (Å²) in [5, 5.41) is 2.07. The molecule has 0 aromatic heterocycles. The van der Waals surface area contributed by atoms with E-state index in [-0.39, 0.29) is 11.8 Å². The molecule has 1 aliphatic rings. The largest absolute Gasteiger partial charge is 0.355 e. The lowest BCUT2D eigenvalue weighted by Gasteiger charge is -2.12. The highest BCUT2D eigenvalue weighted by Crippen LogP contribution is 2.30. The highest BCUT2D eigenvalue weighted by atomic mass is 35.5. The summed E-state index contributed by atoms with van der Waals surface area (Å²) >= 11 is 5.42. The van der Waals surface area contributed by atoms with Crippen molar-refractivity contribution in [1.82, 2.24) is 5.32 Å². The standard InChI is InChI=1S/C11H10ClNO2.C2H6/c12-10(14)9-8(6-13-11(9)15)7-4-2-1-3-5-7;1-2/h1-5,8-9H,6H2,(H,13,15);1-2H3. The molecule has 1 aliphatic heterocycles. The molecular formula is C13H16ClNO2. The van der Waals surface area contributed by atoms with E-state index in [1.807, 2.05) is 44.2 Å². The lowest BCUT2D eigenvalue weighted by atomic mass is 9.89. The SMILES string of the molecule is CC.O=C(Cl)C1C(=O)NCC1c1ccccc1. The number of benzene rings is 1. The van der Waals surface area contributed by atoms with Crippen LogP contribution in [0.4, 0.5) is 0 Å². The molecule has 0 saturated carbocycles. The quantitative estimate of drug-likeness (QED) is 0.649. The van der Waals surface area contributed by atoms with Gasteiger partial charge in [0.15, 0.2) is 0 Å². The first-order valence-corrected chi connectivity index (χ1v) is 6.10. The minimum absolute atomic E-state index is 0.135. The maximum atomic E-state index is 11.4. The zero-order valence-corrected chi connectivity index (χ0v) is 10.7. The molecule has 0 spiro atoms. The lowest BCUT2D eigenvalue weighted by molar-refractivity contribution is -0.128. The van der Waals surface area contributed by atoms with Gasteiger partial charge in [0.1, 0.15) is 5.92 Å². The number of halogens is 1. The zero-order chi connectivity index (χ0) is 12.8. The molecule has 1 heterocycles. The van der Waals surface area contributed by atoms with E-state index in [4.69, 9.17) is 11.6 Å². The molecule has 92 valence electrons. The van der Waals surface area contributed by atoms with Gasteiger partial charge in [-0.15, -0.1) is 0 Å². The highest BCUT2D eigenvalue weighted by Gasteiger charge is 2.39. The fourth-order valence-electron chi connectivity index (χ4n) is 1.89. The summed E-state index contributed by atoms with van der Waals surface area (Å²) in [5.74, 6) is -1.15. The van der Waals surface area contributed by atoms with Gasteiger partial charge in [-0.1, -0.05) is 44.2 Å². The molecule has 0 bridgehead atoms. The Labute approximate surface area is 106 Å². The van der Waals surface area contributed by atoms with Crippen LogP contribution in [0.25, 0.3) is 0 Å². The molecular weight excluding hydrogens is 238 g/mol. The molecule has 2 atom stereocenters. The smallest absolute Gasteiger partial charge is 0.234 e. The van der Waals surface area contributed by atoms with Gasteiger partial charge in [-0.2, -0.15) is 0 Å². The van der Waals surface area contributed by atoms with E-state index in [1.165, 1.54) is 0 Å². The van der Waals surface area contributed by atoms with Crippen molar-refractivity contribution in [2.75, 3.05) is 6.54 Å². The number of nitrogens with one attached hydrogen (secondary N) is 1. The van der Waals surface area contributed by atoms with E-state index < -0.39 is 11.2 Å². The lowest BCUT2D eigenvalue weighted by Crippen LogP contribution is -2.24. The van der Waals surface area contributed by atoms with Gasteiger partial charge in [0.25, 0.3) is 0 Å². The second-order valence-corrected chi connectivity index (χ2v) is 3.92. The average molecular weight is 254 g/mol. The van der Waals surface area contributed by atoms with E-state index >= 15 is 0 Å². The van der Waals surface area contributed by atoms with Crippen molar-refractivity contribution < 1.29 is 9.59 Å². The predicted octanol–water partition coefficient (Wildman–Crippen LogP) is 2.31. The number of hydrogen-bond acceptors (Lipinski definition) is 2. The van der Waals surface area contributed by atoms with Crippen molar-refractivity contribution in [3.63, 3.8) is 0 Å². The Balaban J connectivity index is 0.000000686. The van der Waals surface area contributed by atoms with Crippen molar-refractivity contribution >= 4 is 22.8 Å². The van der Waals surface area contributed by atoms with E-state index in [0.29, 0.717) is 6.54 Å². The van der Waals surface area contributed by atoms with Crippen LogP contribution in [0.15, 0.2) is 30.3 Å². The van der Waals surface area contributed by atoms with Crippen LogP contribution in [0.1, 0.15) is 25.3 Å². The fourth-order valence-corrected chi connectivity index (χ4v) is 2.14. The molecule has 0 aliphatic carbocycles. The molecule has 1 N–H and O–H groups in total. The Morgan fingerprint density at radius 3 is 2.41 bits per heavy atom. The van der Waals surface area contributed by atoms with E-state index in [2.05, 4.69) is 5.32 Å². The third kappa shape index (κ3) is 3.07. The molecule has 1 aromatic carbocycles. The summed E-state index contributed by atoms with van der Waals surface area (Å²) in [7, 11) is 0. The molecule has 3 nitrogen and oxygen atoms in total. The average Bonchev–Trinajstić information content (AvgIpc) is 2.75. The first-order valence-electron chi connectivity index (χ1n) is 5.72. The van der Waals surface area contributed by atoms with Gasteiger partial charge < -0.3 is 5.32 Å². The zero-order valence-electron chi connectivity index (χ0n) is 9.94. The fraction of sp³-hybridized carbons (Fsp3) is 0.385. The highest BCUT2D eigenvalue weighted by molar-refractivity contribution is 6.65. The van der Waals surface area contributed by atoms with Gasteiger partial charge in [0.05, 0.1) is 0 Å². The number of amides is 1. The van der Waals surface area contributed by atoms with Crippen LogP contribution in [-0.4, -0.2) is 17.7 Å². The molecule has 1 amide bonds. The van der Waals surface area contributed by atoms with Crippen LogP contribution in [0.2, 0.25) is 0 Å². The van der Waals surface area contributed by atoms with Gasteiger partial charge in [0.2, 0.25) is 11.1 Å². The molecule has 17 heavy (non-hydrogen) atoms. The van der Waals surface area contributed by atoms with Gasteiger partial charge >= 0.3 is 0 Å². The maximum Gasteiger partial charge on any atom is 0.234 e. The first kappa shape index (κ1) is 13.7. The topological polar surface area (TPSA) is 46.2 Å². The van der Waals surface area contributed by atoms with Crippen LogP contribution in [0.5, 0.6) is 0 Å². The van der Waals surface area contributed by atoms with Crippen LogP contribution in [0, 0.1) is 5.92 Å². The molecule has 4 heteroatoms. The summed E-state index contributed by atoms with van der Waals surface area (Å²) in [6, 6.07) is 9.46. The maximum absolute atomic E-state index is 11.4. The van der Waals surface area contributed by atoms with Gasteiger partial charge in [-0.05, 0) is 17.2 Å². The second kappa shape index (κ2) is 6.40. The minimum Gasteiger partial charge on any atom is -0.355 e. The Morgan fingerprint density at radius 1 is 1.29 bits per heavy atom. The predicted molar refractivity (Wildman–Crippen MR) is 67.9 cm³/mol. The Bertz CT molecular complexity index is 392. The Hall–Kier alpha value is -1.35. The molecule has 0 radical (unpaired) electrons. The second-order valence-electron chi connectivity index (χ2n) is 3.54. The summed E-state index contributed by atoms with van der Waals surface area (Å²) in [4.78, 5) is 22.5. The normalized spacial score (nSPS) is 22.4. The van der Waals surface area contributed by atoms with Gasteiger partial charge in [-0.3, -0.25) is 9.59 Å². The van der Waals surface area contributed by atoms with Gasteiger partial charge in [0, 0.05) is 12.5 Å². The number of carbonyl (C=O) groups excluding carboxylic acids is 2. The van der Waals surface area contributed by atoms with Crippen molar-refractivity contribution in [2.24, 2.45) is 5.92 Å². The summed E-state index contributed by atoms with van der Waals surface area (Å²) in [5.41, 5.74) is 0.967. The summed E-state index contributed by atoms with van der Waals surface area (Å²) in [6.07, 6.45) is 0. The Morgan fingerprint density at radius 2 is 1.88 bits per heavy atom. The van der Waals surface area contributed by atoms with Crippen molar-refractivity contribution in [3.05, 3.63) is 35.9 Å². The van der Waals surface area contributed by atoms with Crippen LogP contribution in [0.3, 0.4) is 0 Å². The molecule has 2 unspecified atom stereocenters. The monoisotopic (exact) mass is 253 g/mol. The molecule has 2 rings (SSSR count). The van der Waals surface area contributed by atoms with Crippen molar-refractivity contribution in [2.45, 2.75) is 19.8 Å². The first-order chi connectivity index (χ1) is 8.20. The van der Waals surface area contributed by atoms with E-state index in [1.54, 1.807) is 0 Å². The summed E-state index contributed by atoms with van der Waals surface area (Å²) in [6.45, 7) is 4.48. The Kier molecular flexibility index (Phi) is 5.16. The summed E-state index contributed by atoms with van der Waals surface area (Å²) < 4.78 is 0. The van der Waals surface area contributed by atoms with Crippen molar-refractivity contribution in [1.29, 1.82) is 0 Å². The molecule has 1 fully saturated rings. The minimum atomic E-state index is -0.742. The third-order valence-electron chi connectivity index (χ3n) is 2.65. The molecule has 1 saturated heterocycles. The number of hydrogen-bond donors (Lipinski definition) is 1. The van der Waals surface area contributed by atoms with E-state index in [0.717, 1.165) is 5.56 Å². The number of rotatable bonds is 2. The van der Waals surface area contributed by atoms with Crippen LogP contribution >= 0.6 is 11.6 Å².